The minimum Gasteiger partial charge on any atom is -0.488 e. The lowest BCUT2D eigenvalue weighted by Gasteiger charge is -2.37. The number of amides is 1. The predicted molar refractivity (Wildman–Crippen MR) is 66.5 cm³/mol. The van der Waals surface area contributed by atoms with Gasteiger partial charge >= 0.3 is 0 Å². The topological polar surface area (TPSA) is 41.6 Å². The summed E-state index contributed by atoms with van der Waals surface area (Å²) >= 11 is 0. The molecule has 1 fully saturated rings. The van der Waals surface area contributed by atoms with E-state index in [0.29, 0.717) is 19.1 Å². The molecular weight excluding hydrogens is 228 g/mol. The Bertz CT molecular complexity index is 565. The average molecular weight is 242 g/mol. The number of hydrazine groups is 1. The minimum atomic E-state index is 0.204. The zero-order valence-corrected chi connectivity index (χ0v) is 9.98. The Morgan fingerprint density at radius 2 is 2.22 bits per heavy atom. The van der Waals surface area contributed by atoms with Gasteiger partial charge in [-0.2, -0.15) is 0 Å². The quantitative estimate of drug-likeness (QED) is 0.752. The van der Waals surface area contributed by atoms with Gasteiger partial charge in [0.1, 0.15) is 12.4 Å². The van der Waals surface area contributed by atoms with E-state index < -0.39 is 0 Å². The summed E-state index contributed by atoms with van der Waals surface area (Å²) in [7, 11) is 0. The number of fused-ring (bicyclic) bond motifs is 3. The molecule has 1 amide bonds. The molecule has 0 saturated carbocycles. The van der Waals surface area contributed by atoms with Gasteiger partial charge in [-0.3, -0.25) is 15.2 Å². The van der Waals surface area contributed by atoms with Gasteiger partial charge in [-0.05, 0) is 30.5 Å². The number of nitrogens with one attached hydrogen (secondary N) is 1. The molecule has 1 atom stereocenters. The zero-order chi connectivity index (χ0) is 12.1. The summed E-state index contributed by atoms with van der Waals surface area (Å²) < 4.78 is 5.77. The summed E-state index contributed by atoms with van der Waals surface area (Å²) in [6.07, 6.45) is 2.54. The highest BCUT2D eigenvalue weighted by atomic mass is 16.5. The number of rotatable bonds is 0. The van der Waals surface area contributed by atoms with Crippen LogP contribution in [-0.2, 0) is 4.79 Å². The molecule has 3 aliphatic rings. The van der Waals surface area contributed by atoms with Crippen LogP contribution in [0.4, 0.5) is 0 Å². The molecule has 1 unspecified atom stereocenters. The van der Waals surface area contributed by atoms with Crippen LogP contribution in [0.2, 0.25) is 0 Å². The van der Waals surface area contributed by atoms with Gasteiger partial charge in [0.2, 0.25) is 5.91 Å². The Morgan fingerprint density at radius 3 is 3.17 bits per heavy atom. The number of ether oxygens (including phenoxy) is 1. The van der Waals surface area contributed by atoms with E-state index in [4.69, 9.17) is 4.74 Å². The van der Waals surface area contributed by atoms with Crippen LogP contribution < -0.4 is 10.2 Å². The third kappa shape index (κ3) is 1.29. The molecule has 18 heavy (non-hydrogen) atoms. The molecule has 4 heteroatoms. The second-order valence-electron chi connectivity index (χ2n) is 5.04. The Kier molecular flexibility index (Phi) is 1.95. The Hall–Kier alpha value is -1.97. The minimum absolute atomic E-state index is 0.204. The Morgan fingerprint density at radius 1 is 1.33 bits per heavy atom. The van der Waals surface area contributed by atoms with E-state index in [9.17, 15) is 4.79 Å². The van der Waals surface area contributed by atoms with Gasteiger partial charge in [-0.15, -0.1) is 0 Å². The van der Waals surface area contributed by atoms with Gasteiger partial charge in [0, 0.05) is 12.0 Å². The fourth-order valence-corrected chi connectivity index (χ4v) is 3.02. The van der Waals surface area contributed by atoms with E-state index in [2.05, 4.69) is 5.43 Å². The number of hydrogen-bond donors (Lipinski definition) is 1. The fraction of sp³-hybridized carbons (Fsp3) is 0.357. The van der Waals surface area contributed by atoms with Crippen molar-refractivity contribution in [3.8, 4) is 5.75 Å². The van der Waals surface area contributed by atoms with Crippen molar-refractivity contribution < 1.29 is 9.53 Å². The molecule has 92 valence electrons. The van der Waals surface area contributed by atoms with E-state index in [-0.39, 0.29) is 5.91 Å². The molecule has 1 N–H and O–H groups in total. The lowest BCUT2D eigenvalue weighted by molar-refractivity contribution is -0.131. The Balaban J connectivity index is 1.79. The van der Waals surface area contributed by atoms with Crippen LogP contribution in [0.5, 0.6) is 5.75 Å². The molecule has 0 bridgehead atoms. The largest absolute Gasteiger partial charge is 0.488 e. The first-order valence-electron chi connectivity index (χ1n) is 6.36. The van der Waals surface area contributed by atoms with E-state index in [1.54, 1.807) is 5.01 Å². The van der Waals surface area contributed by atoms with Crippen molar-refractivity contribution in [2.24, 2.45) is 0 Å². The Labute approximate surface area is 105 Å². The number of carbonyl (C=O) groups excluding carboxylic acids is 1. The molecule has 0 aliphatic carbocycles. The molecule has 4 nitrogen and oxygen atoms in total. The van der Waals surface area contributed by atoms with E-state index >= 15 is 0 Å². The zero-order valence-electron chi connectivity index (χ0n) is 9.98. The fourth-order valence-electron chi connectivity index (χ4n) is 3.02. The number of benzene rings is 1. The van der Waals surface area contributed by atoms with Crippen LogP contribution in [0, 0.1) is 0 Å². The standard InChI is InChI=1S/C14H14N2O2/c17-13-6-5-10-7-9-8-18-12-4-2-1-3-11(12)14(9)15-16(10)13/h1-4,10,15H,5-8H2. The highest BCUT2D eigenvalue weighted by Gasteiger charge is 2.38. The molecule has 3 aliphatic heterocycles. The summed E-state index contributed by atoms with van der Waals surface area (Å²) in [6, 6.07) is 8.29. The highest BCUT2D eigenvalue weighted by molar-refractivity contribution is 5.83. The van der Waals surface area contributed by atoms with Crippen molar-refractivity contribution in [1.29, 1.82) is 0 Å². The number of hydrogen-bond acceptors (Lipinski definition) is 3. The second kappa shape index (κ2) is 3.51. The third-order valence-corrected chi connectivity index (χ3v) is 3.95. The molecule has 1 aromatic carbocycles. The van der Waals surface area contributed by atoms with E-state index in [1.807, 2.05) is 24.3 Å². The van der Waals surface area contributed by atoms with Crippen LogP contribution in [0.15, 0.2) is 29.8 Å². The van der Waals surface area contributed by atoms with Crippen molar-refractivity contribution in [2.45, 2.75) is 25.3 Å². The SMILES string of the molecule is O=C1CCC2CC3=C(NN12)c1ccccc1OC3. The van der Waals surface area contributed by atoms with Gasteiger partial charge in [-0.25, -0.2) is 0 Å². The maximum atomic E-state index is 11.8. The average Bonchev–Trinajstić information content (AvgIpc) is 2.78. The smallest absolute Gasteiger partial charge is 0.241 e. The van der Waals surface area contributed by atoms with Crippen LogP contribution in [-0.4, -0.2) is 23.6 Å². The first kappa shape index (κ1) is 10.00. The first-order valence-corrected chi connectivity index (χ1v) is 6.36. The summed E-state index contributed by atoms with van der Waals surface area (Å²) in [4.78, 5) is 11.8. The van der Waals surface area contributed by atoms with Gasteiger partial charge in [0.15, 0.2) is 0 Å². The van der Waals surface area contributed by atoms with Crippen molar-refractivity contribution in [3.05, 3.63) is 35.4 Å². The summed E-state index contributed by atoms with van der Waals surface area (Å²) in [5, 5.41) is 1.81. The van der Waals surface area contributed by atoms with Crippen LogP contribution in [0.25, 0.3) is 5.70 Å². The number of nitrogens with zero attached hydrogens (tertiary/aromatic N) is 1. The van der Waals surface area contributed by atoms with Gasteiger partial charge in [-0.1, -0.05) is 12.1 Å². The van der Waals surface area contributed by atoms with Gasteiger partial charge in [0.25, 0.3) is 0 Å². The number of para-hydroxylation sites is 1. The van der Waals surface area contributed by atoms with Crippen LogP contribution in [0.3, 0.4) is 0 Å². The van der Waals surface area contributed by atoms with E-state index in [1.165, 1.54) is 5.57 Å². The maximum absolute atomic E-state index is 11.8. The second-order valence-corrected chi connectivity index (χ2v) is 5.04. The molecule has 0 radical (unpaired) electrons. The monoisotopic (exact) mass is 242 g/mol. The molecule has 1 aromatic rings. The molecule has 0 spiro atoms. The summed E-state index contributed by atoms with van der Waals surface area (Å²) in [5.74, 6) is 1.10. The van der Waals surface area contributed by atoms with Gasteiger partial charge in [0.05, 0.1) is 11.7 Å². The predicted octanol–water partition coefficient (Wildman–Crippen LogP) is 1.69. The lowest BCUT2D eigenvalue weighted by atomic mass is 9.95. The van der Waals surface area contributed by atoms with Gasteiger partial charge < -0.3 is 4.74 Å². The molecule has 0 aromatic heterocycles. The first-order chi connectivity index (χ1) is 8.83. The molecular formula is C14H14N2O2. The number of carbonyl (C=O) groups is 1. The molecule has 4 rings (SSSR count). The normalized spacial score (nSPS) is 25.0. The third-order valence-electron chi connectivity index (χ3n) is 3.95. The van der Waals surface area contributed by atoms with Crippen LogP contribution >= 0.6 is 0 Å². The molecule has 1 saturated heterocycles. The van der Waals surface area contributed by atoms with Crippen molar-refractivity contribution >= 4 is 11.6 Å². The summed E-state index contributed by atoms with van der Waals surface area (Å²) in [5.41, 5.74) is 6.73. The maximum Gasteiger partial charge on any atom is 0.241 e. The lowest BCUT2D eigenvalue weighted by Crippen LogP contribution is -2.48. The van der Waals surface area contributed by atoms with Crippen LogP contribution in [0.1, 0.15) is 24.8 Å². The summed E-state index contributed by atoms with van der Waals surface area (Å²) in [6.45, 7) is 0.637. The highest BCUT2D eigenvalue weighted by Crippen LogP contribution is 2.38. The molecule has 3 heterocycles. The van der Waals surface area contributed by atoms with E-state index in [0.717, 1.165) is 29.9 Å². The van der Waals surface area contributed by atoms with Crippen molar-refractivity contribution in [3.63, 3.8) is 0 Å². The van der Waals surface area contributed by atoms with Crippen molar-refractivity contribution in [2.75, 3.05) is 6.61 Å². The van der Waals surface area contributed by atoms with Crippen molar-refractivity contribution in [1.82, 2.24) is 10.4 Å².